The Morgan fingerprint density at radius 3 is 2.52 bits per heavy atom. The number of aryl methyl sites for hydroxylation is 2. The van der Waals surface area contributed by atoms with Crippen LogP contribution in [0.5, 0.6) is 5.75 Å². The summed E-state index contributed by atoms with van der Waals surface area (Å²) < 4.78 is 11.4. The normalized spacial score (nSPS) is 20.4. The van der Waals surface area contributed by atoms with Crippen LogP contribution in [0.2, 0.25) is 5.02 Å². The lowest BCUT2D eigenvalue weighted by molar-refractivity contribution is 0.0716. The fraction of sp³-hybridized carbons (Fsp3) is 0.567. The van der Waals surface area contributed by atoms with Crippen molar-refractivity contribution in [2.75, 3.05) is 37.7 Å². The van der Waals surface area contributed by atoms with Gasteiger partial charge in [0.15, 0.2) is 5.82 Å². The number of benzene rings is 1. The standard InChI is InChI=1S/C30H39ClN6O3/c1-17-27(26-19(3)35-40-20(26)4)33-28(23-13-22(7-8-24(23)31)39-14-25(38)18(2)32)34-29(17)37-15-30(16-37)9-11-36(12-10-30)21-5-6-21/h7-8,13,18,21,25,38H,5-6,9-12,14-16,32H2,1-4H3. The SMILES string of the molecule is Cc1noc(C)c1-c1nc(-c2cc(OCC(O)C(C)N)ccc2Cl)nc(N2CC3(CCN(C4CC4)CC3)C2)c1C. The number of halogens is 1. The van der Waals surface area contributed by atoms with Crippen LogP contribution in [0.3, 0.4) is 0 Å². The first kappa shape index (κ1) is 27.4. The van der Waals surface area contributed by atoms with Gasteiger partial charge in [0.25, 0.3) is 0 Å². The van der Waals surface area contributed by atoms with Crippen LogP contribution < -0.4 is 15.4 Å². The number of anilines is 1. The molecule has 0 radical (unpaired) electrons. The van der Waals surface area contributed by atoms with Crippen molar-refractivity contribution in [2.24, 2.45) is 11.1 Å². The third kappa shape index (κ3) is 5.20. The Labute approximate surface area is 240 Å². The summed E-state index contributed by atoms with van der Waals surface area (Å²) in [6.07, 6.45) is 4.45. The minimum absolute atomic E-state index is 0.0805. The minimum atomic E-state index is -0.776. The molecule has 0 bridgehead atoms. The number of ether oxygens (including phenoxy) is 1. The van der Waals surface area contributed by atoms with E-state index >= 15 is 0 Å². The fourth-order valence-electron chi connectivity index (χ4n) is 6.13. The molecule has 1 aromatic carbocycles. The maximum absolute atomic E-state index is 10.1. The van der Waals surface area contributed by atoms with E-state index < -0.39 is 12.1 Å². The van der Waals surface area contributed by atoms with Crippen LogP contribution >= 0.6 is 11.6 Å². The second-order valence-electron chi connectivity index (χ2n) is 12.0. The number of aliphatic hydroxyl groups excluding tert-OH is 1. The highest BCUT2D eigenvalue weighted by molar-refractivity contribution is 6.33. The fourth-order valence-corrected chi connectivity index (χ4v) is 6.33. The van der Waals surface area contributed by atoms with Gasteiger partial charge in [-0.25, -0.2) is 9.97 Å². The molecule has 10 heteroatoms. The second-order valence-corrected chi connectivity index (χ2v) is 12.5. The van der Waals surface area contributed by atoms with Gasteiger partial charge in [-0.1, -0.05) is 16.8 Å². The molecule has 2 aromatic heterocycles. The van der Waals surface area contributed by atoms with Gasteiger partial charge in [0, 0.05) is 41.7 Å². The number of aromatic nitrogens is 3. The van der Waals surface area contributed by atoms with Gasteiger partial charge in [0.2, 0.25) is 0 Å². The van der Waals surface area contributed by atoms with Crippen LogP contribution in [0.25, 0.3) is 22.6 Å². The summed E-state index contributed by atoms with van der Waals surface area (Å²) in [6.45, 7) is 12.2. The van der Waals surface area contributed by atoms with Gasteiger partial charge >= 0.3 is 0 Å². The highest BCUT2D eigenvalue weighted by Crippen LogP contribution is 2.46. The first-order chi connectivity index (χ1) is 19.1. The quantitative estimate of drug-likeness (QED) is 0.406. The first-order valence-electron chi connectivity index (χ1n) is 14.3. The maximum atomic E-state index is 10.1. The van der Waals surface area contributed by atoms with Crippen LogP contribution in [-0.4, -0.2) is 76.1 Å². The van der Waals surface area contributed by atoms with Crippen LogP contribution in [0.15, 0.2) is 22.7 Å². The van der Waals surface area contributed by atoms with Crippen molar-refractivity contribution >= 4 is 17.4 Å². The van der Waals surface area contributed by atoms with E-state index in [0.717, 1.165) is 53.2 Å². The zero-order chi connectivity index (χ0) is 28.2. The summed E-state index contributed by atoms with van der Waals surface area (Å²) in [5, 5.41) is 14.8. The molecule has 1 saturated carbocycles. The lowest BCUT2D eigenvalue weighted by atomic mass is 9.72. The first-order valence-corrected chi connectivity index (χ1v) is 14.7. The Morgan fingerprint density at radius 1 is 1.18 bits per heavy atom. The van der Waals surface area contributed by atoms with E-state index in [1.807, 2.05) is 19.9 Å². The summed E-state index contributed by atoms with van der Waals surface area (Å²) in [6, 6.07) is 5.82. The number of rotatable bonds is 8. The van der Waals surface area contributed by atoms with Gasteiger partial charge in [0.05, 0.1) is 22.0 Å². The second kappa shape index (κ2) is 10.6. The molecule has 1 aliphatic carbocycles. The predicted molar refractivity (Wildman–Crippen MR) is 156 cm³/mol. The Balaban J connectivity index is 1.33. The summed E-state index contributed by atoms with van der Waals surface area (Å²) in [4.78, 5) is 15.2. The molecule has 4 heterocycles. The van der Waals surface area contributed by atoms with Crippen molar-refractivity contribution in [3.63, 3.8) is 0 Å². The Bertz CT molecular complexity index is 1370. The molecule has 1 spiro atoms. The molecule has 214 valence electrons. The Hall–Kier alpha value is -2.72. The van der Waals surface area contributed by atoms with Gasteiger partial charge in [-0.3, -0.25) is 0 Å². The average molecular weight is 567 g/mol. The van der Waals surface area contributed by atoms with Crippen LogP contribution in [0, 0.1) is 26.2 Å². The lowest BCUT2D eigenvalue weighted by Gasteiger charge is -2.55. The maximum Gasteiger partial charge on any atom is 0.163 e. The van der Waals surface area contributed by atoms with Gasteiger partial charge in [0.1, 0.15) is 30.0 Å². The summed E-state index contributed by atoms with van der Waals surface area (Å²) in [7, 11) is 0. The lowest BCUT2D eigenvalue weighted by Crippen LogP contribution is -2.61. The zero-order valence-electron chi connectivity index (χ0n) is 23.8. The van der Waals surface area contributed by atoms with Crippen molar-refractivity contribution in [3.8, 4) is 28.4 Å². The number of likely N-dealkylation sites (tertiary alicyclic amines) is 1. The number of hydrogen-bond acceptors (Lipinski definition) is 9. The third-order valence-corrected chi connectivity index (χ3v) is 9.20. The van der Waals surface area contributed by atoms with E-state index in [2.05, 4.69) is 21.9 Å². The van der Waals surface area contributed by atoms with E-state index in [4.69, 9.17) is 36.6 Å². The topological polar surface area (TPSA) is 114 Å². The van der Waals surface area contributed by atoms with Crippen LogP contribution in [0.1, 0.15) is 49.6 Å². The predicted octanol–water partition coefficient (Wildman–Crippen LogP) is 4.53. The molecule has 6 rings (SSSR count). The van der Waals surface area contributed by atoms with E-state index in [1.165, 1.54) is 38.8 Å². The van der Waals surface area contributed by atoms with Crippen LogP contribution in [-0.2, 0) is 0 Å². The highest BCUT2D eigenvalue weighted by atomic mass is 35.5. The molecular weight excluding hydrogens is 528 g/mol. The summed E-state index contributed by atoms with van der Waals surface area (Å²) in [5.41, 5.74) is 10.3. The third-order valence-electron chi connectivity index (χ3n) is 8.87. The molecular formula is C30H39ClN6O3. The van der Waals surface area contributed by atoms with Crippen molar-refractivity contribution < 1.29 is 14.4 Å². The number of nitrogens with zero attached hydrogens (tertiary/aromatic N) is 5. The van der Waals surface area contributed by atoms with Gasteiger partial charge in [-0.15, -0.1) is 0 Å². The molecule has 2 aliphatic heterocycles. The van der Waals surface area contributed by atoms with Crippen molar-refractivity contribution in [1.29, 1.82) is 0 Å². The van der Waals surface area contributed by atoms with Crippen molar-refractivity contribution in [2.45, 2.75) is 71.6 Å². The number of nitrogens with two attached hydrogens (primary N) is 1. The Morgan fingerprint density at radius 2 is 1.90 bits per heavy atom. The molecule has 9 nitrogen and oxygen atoms in total. The smallest absolute Gasteiger partial charge is 0.163 e. The molecule has 2 saturated heterocycles. The van der Waals surface area contributed by atoms with E-state index in [-0.39, 0.29) is 6.61 Å². The number of piperidine rings is 1. The van der Waals surface area contributed by atoms with Crippen LogP contribution in [0.4, 0.5) is 5.82 Å². The summed E-state index contributed by atoms with van der Waals surface area (Å²) in [5.74, 6) is 2.72. The molecule has 0 amide bonds. The van der Waals surface area contributed by atoms with E-state index in [9.17, 15) is 5.11 Å². The van der Waals surface area contributed by atoms with Gasteiger partial charge in [-0.2, -0.15) is 0 Å². The summed E-state index contributed by atoms with van der Waals surface area (Å²) >= 11 is 6.71. The van der Waals surface area contributed by atoms with E-state index in [1.54, 1.807) is 19.1 Å². The molecule has 3 aromatic rings. The molecule has 3 fully saturated rings. The van der Waals surface area contributed by atoms with Crippen molar-refractivity contribution in [1.82, 2.24) is 20.0 Å². The monoisotopic (exact) mass is 566 g/mol. The van der Waals surface area contributed by atoms with E-state index in [0.29, 0.717) is 27.6 Å². The largest absolute Gasteiger partial charge is 0.491 e. The Kier molecular flexibility index (Phi) is 7.27. The van der Waals surface area contributed by atoms with Gasteiger partial charge < -0.3 is 29.9 Å². The number of hydrogen-bond donors (Lipinski definition) is 2. The molecule has 40 heavy (non-hydrogen) atoms. The molecule has 2 atom stereocenters. The molecule has 2 unspecified atom stereocenters. The number of aliphatic hydroxyl groups is 1. The minimum Gasteiger partial charge on any atom is -0.491 e. The molecule has 3 N–H and O–H groups in total. The zero-order valence-corrected chi connectivity index (χ0v) is 24.5. The van der Waals surface area contributed by atoms with Gasteiger partial charge in [-0.05, 0) is 84.7 Å². The average Bonchev–Trinajstić information content (AvgIpc) is 3.71. The molecule has 3 aliphatic rings. The highest BCUT2D eigenvalue weighted by Gasteiger charge is 2.47. The van der Waals surface area contributed by atoms with Crippen molar-refractivity contribution in [3.05, 3.63) is 40.2 Å².